The molecular formula is C17H26N2. The van der Waals surface area contributed by atoms with Gasteiger partial charge < -0.3 is 5.73 Å². The number of hydrogen-bond acceptors (Lipinski definition) is 1. The Morgan fingerprint density at radius 3 is 2.63 bits per heavy atom. The molecule has 0 radical (unpaired) electrons. The summed E-state index contributed by atoms with van der Waals surface area (Å²) in [6.07, 6.45) is 9.12. The largest absolute Gasteiger partial charge is 0.387 e. The van der Waals surface area contributed by atoms with Gasteiger partial charge in [0.25, 0.3) is 0 Å². The lowest BCUT2D eigenvalue weighted by Crippen LogP contribution is -2.06. The molecule has 0 saturated heterocycles. The first-order chi connectivity index (χ1) is 9.20. The molecule has 19 heavy (non-hydrogen) atoms. The van der Waals surface area contributed by atoms with Crippen LogP contribution >= 0.6 is 0 Å². The normalized spacial score (nSPS) is 17.7. The Labute approximate surface area is 117 Å². The van der Waals surface area contributed by atoms with E-state index in [-0.39, 0.29) is 0 Å². The maximum atomic E-state index is 5.72. The van der Waals surface area contributed by atoms with Crippen molar-refractivity contribution in [3.63, 3.8) is 0 Å². The molecule has 2 N–H and O–H groups in total. The summed E-state index contributed by atoms with van der Waals surface area (Å²) in [5.74, 6) is 1.41. The highest BCUT2D eigenvalue weighted by Gasteiger charge is 2.16. The van der Waals surface area contributed by atoms with Crippen molar-refractivity contribution in [1.29, 1.82) is 0 Å². The van der Waals surface area contributed by atoms with Gasteiger partial charge in [-0.1, -0.05) is 44.7 Å². The van der Waals surface area contributed by atoms with Crippen LogP contribution in [0.5, 0.6) is 0 Å². The van der Waals surface area contributed by atoms with Crippen LogP contribution in [0.1, 0.15) is 69.4 Å². The van der Waals surface area contributed by atoms with E-state index >= 15 is 0 Å². The van der Waals surface area contributed by atoms with Gasteiger partial charge in [0.05, 0.1) is 11.5 Å². The lowest BCUT2D eigenvalue weighted by Gasteiger charge is -2.23. The SMILES string of the molecule is CCCc1cc(C2CCCCC2)ccc1N=C(C)N. The van der Waals surface area contributed by atoms with E-state index < -0.39 is 0 Å². The molecule has 1 aliphatic rings. The van der Waals surface area contributed by atoms with Crippen LogP contribution in [-0.2, 0) is 6.42 Å². The quantitative estimate of drug-likeness (QED) is 0.617. The smallest absolute Gasteiger partial charge is 0.0965 e. The number of nitrogens with two attached hydrogens (primary N) is 1. The van der Waals surface area contributed by atoms with Gasteiger partial charge in [0.1, 0.15) is 0 Å². The van der Waals surface area contributed by atoms with Crippen LogP contribution in [0.15, 0.2) is 23.2 Å². The highest BCUT2D eigenvalue weighted by molar-refractivity contribution is 5.81. The van der Waals surface area contributed by atoms with E-state index in [1.54, 1.807) is 0 Å². The Balaban J connectivity index is 2.26. The van der Waals surface area contributed by atoms with Crippen molar-refractivity contribution in [2.45, 2.75) is 64.7 Å². The molecule has 2 rings (SSSR count). The van der Waals surface area contributed by atoms with Crippen molar-refractivity contribution in [2.75, 3.05) is 0 Å². The van der Waals surface area contributed by atoms with Gasteiger partial charge in [-0.05, 0) is 49.3 Å². The average Bonchev–Trinajstić information content (AvgIpc) is 2.41. The van der Waals surface area contributed by atoms with Gasteiger partial charge in [0.2, 0.25) is 0 Å². The summed E-state index contributed by atoms with van der Waals surface area (Å²) in [6.45, 7) is 4.07. The predicted molar refractivity (Wildman–Crippen MR) is 83.2 cm³/mol. The number of aliphatic imine (C=N–C) groups is 1. The second-order valence-electron chi connectivity index (χ2n) is 5.73. The van der Waals surface area contributed by atoms with Crippen LogP contribution in [0.4, 0.5) is 5.69 Å². The molecule has 0 bridgehead atoms. The zero-order valence-corrected chi connectivity index (χ0v) is 12.3. The van der Waals surface area contributed by atoms with Crippen molar-refractivity contribution >= 4 is 11.5 Å². The van der Waals surface area contributed by atoms with Crippen LogP contribution in [-0.4, -0.2) is 5.84 Å². The van der Waals surface area contributed by atoms with E-state index in [1.807, 2.05) is 6.92 Å². The van der Waals surface area contributed by atoms with Gasteiger partial charge in [-0.3, -0.25) is 0 Å². The van der Waals surface area contributed by atoms with E-state index in [0.29, 0.717) is 5.84 Å². The average molecular weight is 258 g/mol. The van der Waals surface area contributed by atoms with Crippen molar-refractivity contribution in [1.82, 2.24) is 0 Å². The number of hydrogen-bond donors (Lipinski definition) is 1. The fourth-order valence-electron chi connectivity index (χ4n) is 3.06. The van der Waals surface area contributed by atoms with E-state index in [2.05, 4.69) is 30.1 Å². The molecule has 1 aromatic carbocycles. The van der Waals surface area contributed by atoms with E-state index in [1.165, 1.54) is 43.2 Å². The van der Waals surface area contributed by atoms with E-state index in [0.717, 1.165) is 24.4 Å². The Kier molecular flexibility index (Phi) is 5.00. The van der Waals surface area contributed by atoms with Gasteiger partial charge in [0.15, 0.2) is 0 Å². The first-order valence-electron chi connectivity index (χ1n) is 7.64. The molecule has 1 aliphatic carbocycles. The molecule has 0 aliphatic heterocycles. The first kappa shape index (κ1) is 14.1. The lowest BCUT2D eigenvalue weighted by atomic mass is 9.83. The van der Waals surface area contributed by atoms with Gasteiger partial charge >= 0.3 is 0 Å². The van der Waals surface area contributed by atoms with Crippen LogP contribution in [0.2, 0.25) is 0 Å². The van der Waals surface area contributed by atoms with Crippen LogP contribution in [0.3, 0.4) is 0 Å². The standard InChI is InChI=1S/C17H26N2/c1-3-7-16-12-15(14-8-5-4-6-9-14)10-11-17(16)19-13(2)18/h10-12,14H,3-9H2,1-2H3,(H2,18,19). The Hall–Kier alpha value is -1.31. The molecular weight excluding hydrogens is 232 g/mol. The molecule has 104 valence electrons. The maximum Gasteiger partial charge on any atom is 0.0965 e. The van der Waals surface area contributed by atoms with Crippen molar-refractivity contribution in [3.8, 4) is 0 Å². The third-order valence-electron chi connectivity index (χ3n) is 4.00. The third kappa shape index (κ3) is 3.82. The number of nitrogens with zero attached hydrogens (tertiary/aromatic N) is 1. The Morgan fingerprint density at radius 1 is 1.26 bits per heavy atom. The first-order valence-corrected chi connectivity index (χ1v) is 7.64. The minimum Gasteiger partial charge on any atom is -0.387 e. The summed E-state index contributed by atoms with van der Waals surface area (Å²) in [5, 5.41) is 0. The van der Waals surface area contributed by atoms with Gasteiger partial charge in [0, 0.05) is 0 Å². The number of amidine groups is 1. The second-order valence-corrected chi connectivity index (χ2v) is 5.73. The number of aryl methyl sites for hydroxylation is 1. The van der Waals surface area contributed by atoms with Crippen LogP contribution < -0.4 is 5.73 Å². The molecule has 1 aromatic rings. The highest BCUT2D eigenvalue weighted by Crippen LogP contribution is 2.35. The fraction of sp³-hybridized carbons (Fsp3) is 0.588. The predicted octanol–water partition coefficient (Wildman–Crippen LogP) is 4.70. The van der Waals surface area contributed by atoms with Gasteiger partial charge in [-0.2, -0.15) is 0 Å². The summed E-state index contributed by atoms with van der Waals surface area (Å²) >= 11 is 0. The lowest BCUT2D eigenvalue weighted by molar-refractivity contribution is 0.443. The zero-order chi connectivity index (χ0) is 13.7. The van der Waals surface area contributed by atoms with Crippen LogP contribution in [0, 0.1) is 0 Å². The third-order valence-corrected chi connectivity index (χ3v) is 4.00. The molecule has 0 heterocycles. The minimum absolute atomic E-state index is 0.641. The molecule has 0 spiro atoms. The topological polar surface area (TPSA) is 38.4 Å². The van der Waals surface area contributed by atoms with Gasteiger partial charge in [-0.15, -0.1) is 0 Å². The summed E-state index contributed by atoms with van der Waals surface area (Å²) in [5.41, 5.74) is 9.64. The van der Waals surface area contributed by atoms with Crippen LogP contribution in [0.25, 0.3) is 0 Å². The molecule has 1 fully saturated rings. The molecule has 1 saturated carbocycles. The van der Waals surface area contributed by atoms with E-state index in [9.17, 15) is 0 Å². The Morgan fingerprint density at radius 2 is 2.00 bits per heavy atom. The Bertz CT molecular complexity index is 439. The monoisotopic (exact) mass is 258 g/mol. The fourth-order valence-corrected chi connectivity index (χ4v) is 3.06. The summed E-state index contributed by atoms with van der Waals surface area (Å²) < 4.78 is 0. The number of rotatable bonds is 4. The maximum absolute atomic E-state index is 5.72. The molecule has 2 heteroatoms. The summed E-state index contributed by atoms with van der Waals surface area (Å²) in [7, 11) is 0. The zero-order valence-electron chi connectivity index (χ0n) is 12.3. The molecule has 2 nitrogen and oxygen atoms in total. The summed E-state index contributed by atoms with van der Waals surface area (Å²) in [6, 6.07) is 6.80. The molecule has 0 amide bonds. The van der Waals surface area contributed by atoms with Crippen molar-refractivity contribution in [2.24, 2.45) is 10.7 Å². The minimum atomic E-state index is 0.641. The molecule has 0 aromatic heterocycles. The van der Waals surface area contributed by atoms with Crippen molar-refractivity contribution in [3.05, 3.63) is 29.3 Å². The highest BCUT2D eigenvalue weighted by atomic mass is 14.8. The molecule has 0 unspecified atom stereocenters. The van der Waals surface area contributed by atoms with Crippen molar-refractivity contribution < 1.29 is 0 Å². The number of benzene rings is 1. The molecule has 0 atom stereocenters. The summed E-state index contributed by atoms with van der Waals surface area (Å²) in [4.78, 5) is 4.46. The van der Waals surface area contributed by atoms with E-state index in [4.69, 9.17) is 5.73 Å². The van der Waals surface area contributed by atoms with Gasteiger partial charge in [-0.25, -0.2) is 4.99 Å². The second kappa shape index (κ2) is 6.74.